The van der Waals surface area contributed by atoms with Gasteiger partial charge in [-0.25, -0.2) is 9.59 Å². The first-order chi connectivity index (χ1) is 12.7. The fourth-order valence-corrected chi connectivity index (χ4v) is 2.42. The predicted molar refractivity (Wildman–Crippen MR) is 100 cm³/mol. The topological polar surface area (TPSA) is 103 Å². The second kappa shape index (κ2) is 8.57. The molecule has 0 aliphatic heterocycles. The van der Waals surface area contributed by atoms with Gasteiger partial charge in [0.25, 0.3) is 0 Å². The normalized spacial score (nSPS) is 11.1. The molecule has 8 nitrogen and oxygen atoms in total. The highest BCUT2D eigenvalue weighted by atomic mass is 16.6. The van der Waals surface area contributed by atoms with Gasteiger partial charge in [-0.05, 0) is 45.4 Å². The summed E-state index contributed by atoms with van der Waals surface area (Å²) in [5.41, 5.74) is 0.840. The lowest BCUT2D eigenvalue weighted by Gasteiger charge is -2.19. The number of aromatic carboxylic acids is 1. The molecule has 0 saturated carbocycles. The predicted octanol–water partition coefficient (Wildman–Crippen LogP) is 3.17. The summed E-state index contributed by atoms with van der Waals surface area (Å²) >= 11 is 0. The van der Waals surface area contributed by atoms with Crippen LogP contribution < -0.4 is 10.1 Å². The molecule has 2 rings (SSSR count). The number of nitrogens with zero attached hydrogens (tertiary/aromatic N) is 2. The van der Waals surface area contributed by atoms with E-state index >= 15 is 0 Å². The zero-order valence-corrected chi connectivity index (χ0v) is 16.0. The van der Waals surface area contributed by atoms with Crippen molar-refractivity contribution < 1.29 is 24.2 Å². The number of carbonyl (C=O) groups excluding carboxylic acids is 1. The average Bonchev–Trinajstić information content (AvgIpc) is 3.02. The van der Waals surface area contributed by atoms with E-state index in [1.165, 1.54) is 10.7 Å². The van der Waals surface area contributed by atoms with Gasteiger partial charge in [0.05, 0.1) is 12.8 Å². The summed E-state index contributed by atoms with van der Waals surface area (Å²) in [7, 11) is 1.57. The van der Waals surface area contributed by atoms with Gasteiger partial charge >= 0.3 is 12.1 Å². The molecule has 0 spiro atoms. The SMILES string of the molecule is COc1cccc(-c2cc(C(=O)O)n(CCCNC(=O)OC(C)(C)C)n2)c1. The van der Waals surface area contributed by atoms with Crippen molar-refractivity contribution in [3.05, 3.63) is 36.0 Å². The number of amides is 1. The second-order valence-electron chi connectivity index (χ2n) is 6.96. The van der Waals surface area contributed by atoms with Crippen molar-refractivity contribution in [1.82, 2.24) is 15.1 Å². The Balaban J connectivity index is 2.03. The van der Waals surface area contributed by atoms with Crippen molar-refractivity contribution in [3.63, 3.8) is 0 Å². The van der Waals surface area contributed by atoms with E-state index in [1.807, 2.05) is 12.1 Å². The maximum absolute atomic E-state index is 11.6. The van der Waals surface area contributed by atoms with Crippen molar-refractivity contribution in [3.8, 4) is 17.0 Å². The Labute approximate surface area is 158 Å². The summed E-state index contributed by atoms with van der Waals surface area (Å²) in [5, 5.41) is 16.5. The molecule has 0 unspecified atom stereocenters. The third-order valence-corrected chi connectivity index (χ3v) is 3.58. The molecule has 8 heteroatoms. The van der Waals surface area contributed by atoms with Crippen molar-refractivity contribution in [1.29, 1.82) is 0 Å². The van der Waals surface area contributed by atoms with E-state index in [-0.39, 0.29) is 5.69 Å². The molecule has 0 saturated heterocycles. The number of carboxylic acids is 1. The van der Waals surface area contributed by atoms with Crippen LogP contribution in [0.2, 0.25) is 0 Å². The summed E-state index contributed by atoms with van der Waals surface area (Å²) in [6, 6.07) is 8.78. The molecule has 0 aliphatic carbocycles. The van der Waals surface area contributed by atoms with Crippen LogP contribution in [0.5, 0.6) is 5.75 Å². The van der Waals surface area contributed by atoms with Gasteiger partial charge < -0.3 is 19.9 Å². The lowest BCUT2D eigenvalue weighted by Crippen LogP contribution is -2.33. The summed E-state index contributed by atoms with van der Waals surface area (Å²) in [4.78, 5) is 23.1. The summed E-state index contributed by atoms with van der Waals surface area (Å²) in [6.45, 7) is 6.06. The van der Waals surface area contributed by atoms with Crippen molar-refractivity contribution in [2.45, 2.75) is 39.3 Å². The lowest BCUT2D eigenvalue weighted by molar-refractivity contribution is 0.0525. The zero-order valence-electron chi connectivity index (χ0n) is 16.0. The molecular formula is C19H25N3O5. The molecule has 146 valence electrons. The number of carbonyl (C=O) groups is 2. The van der Waals surface area contributed by atoms with Crippen LogP contribution in [0.1, 0.15) is 37.7 Å². The zero-order chi connectivity index (χ0) is 20.0. The van der Waals surface area contributed by atoms with Crippen LogP contribution in [0.4, 0.5) is 4.79 Å². The van der Waals surface area contributed by atoms with Gasteiger partial charge in [-0.2, -0.15) is 5.10 Å². The van der Waals surface area contributed by atoms with E-state index < -0.39 is 17.7 Å². The fourth-order valence-electron chi connectivity index (χ4n) is 2.42. The number of hydrogen-bond acceptors (Lipinski definition) is 5. The minimum absolute atomic E-state index is 0.0880. The largest absolute Gasteiger partial charge is 0.497 e. The van der Waals surface area contributed by atoms with Crippen LogP contribution in [0.15, 0.2) is 30.3 Å². The molecule has 27 heavy (non-hydrogen) atoms. The minimum atomic E-state index is -1.06. The highest BCUT2D eigenvalue weighted by Crippen LogP contribution is 2.23. The van der Waals surface area contributed by atoms with E-state index in [2.05, 4.69) is 10.4 Å². The fraction of sp³-hybridized carbons (Fsp3) is 0.421. The van der Waals surface area contributed by atoms with E-state index in [4.69, 9.17) is 9.47 Å². The van der Waals surface area contributed by atoms with Crippen LogP contribution in [-0.4, -0.2) is 46.2 Å². The number of carboxylic acid groups (broad SMARTS) is 1. The molecule has 0 bridgehead atoms. The van der Waals surface area contributed by atoms with Crippen LogP contribution >= 0.6 is 0 Å². The van der Waals surface area contributed by atoms with Gasteiger partial charge in [0, 0.05) is 18.7 Å². The Hall–Kier alpha value is -3.03. The van der Waals surface area contributed by atoms with E-state index in [0.29, 0.717) is 31.0 Å². The van der Waals surface area contributed by atoms with Gasteiger partial charge in [-0.15, -0.1) is 0 Å². The number of ether oxygens (including phenoxy) is 2. The van der Waals surface area contributed by atoms with Crippen LogP contribution in [0.25, 0.3) is 11.3 Å². The van der Waals surface area contributed by atoms with Gasteiger partial charge in [-0.1, -0.05) is 12.1 Å². The lowest BCUT2D eigenvalue weighted by atomic mass is 10.1. The van der Waals surface area contributed by atoms with Crippen LogP contribution in [-0.2, 0) is 11.3 Å². The minimum Gasteiger partial charge on any atom is -0.497 e. The second-order valence-corrected chi connectivity index (χ2v) is 6.96. The maximum atomic E-state index is 11.6. The summed E-state index contributed by atoms with van der Waals surface area (Å²) < 4.78 is 11.8. The van der Waals surface area contributed by atoms with Gasteiger partial charge in [-0.3, -0.25) is 4.68 Å². The number of aromatic nitrogens is 2. The molecule has 0 atom stereocenters. The number of benzene rings is 1. The van der Waals surface area contributed by atoms with Crippen LogP contribution in [0.3, 0.4) is 0 Å². The maximum Gasteiger partial charge on any atom is 0.407 e. The first kappa shape index (κ1) is 20.3. The third kappa shape index (κ3) is 6.02. The van der Waals surface area contributed by atoms with Gasteiger partial charge in [0.15, 0.2) is 0 Å². The Kier molecular flexibility index (Phi) is 6.44. The van der Waals surface area contributed by atoms with Crippen molar-refractivity contribution >= 4 is 12.1 Å². The summed E-state index contributed by atoms with van der Waals surface area (Å²) in [6.07, 6.45) is 0.0113. The Morgan fingerprint density at radius 2 is 2.00 bits per heavy atom. The molecular weight excluding hydrogens is 350 g/mol. The highest BCUT2D eigenvalue weighted by Gasteiger charge is 2.17. The number of rotatable bonds is 7. The smallest absolute Gasteiger partial charge is 0.407 e. The first-order valence-electron chi connectivity index (χ1n) is 8.62. The molecule has 1 aromatic carbocycles. The monoisotopic (exact) mass is 375 g/mol. The highest BCUT2D eigenvalue weighted by molar-refractivity contribution is 5.87. The molecule has 2 aromatic rings. The van der Waals surface area contributed by atoms with E-state index in [0.717, 1.165) is 5.56 Å². The number of aryl methyl sites for hydroxylation is 1. The quantitative estimate of drug-likeness (QED) is 0.721. The molecule has 2 N–H and O–H groups in total. The Morgan fingerprint density at radius 1 is 1.26 bits per heavy atom. The molecule has 0 radical (unpaired) electrons. The van der Waals surface area contributed by atoms with Crippen LogP contribution in [0, 0.1) is 0 Å². The Bertz CT molecular complexity index is 808. The van der Waals surface area contributed by atoms with Gasteiger partial charge in [0.2, 0.25) is 0 Å². The average molecular weight is 375 g/mol. The number of nitrogens with one attached hydrogen (secondary N) is 1. The number of methoxy groups -OCH3 is 1. The molecule has 1 heterocycles. The number of alkyl carbamates (subject to hydrolysis) is 1. The molecule has 1 amide bonds. The van der Waals surface area contributed by atoms with E-state index in [1.54, 1.807) is 40.0 Å². The van der Waals surface area contributed by atoms with Crippen molar-refractivity contribution in [2.24, 2.45) is 0 Å². The number of hydrogen-bond donors (Lipinski definition) is 2. The van der Waals surface area contributed by atoms with E-state index in [9.17, 15) is 14.7 Å². The first-order valence-corrected chi connectivity index (χ1v) is 8.62. The standard InChI is InChI=1S/C19H25N3O5/c1-19(2,3)27-18(25)20-9-6-10-22-16(17(23)24)12-15(21-22)13-7-5-8-14(11-13)26-4/h5,7-8,11-12H,6,9-10H2,1-4H3,(H,20,25)(H,23,24). The third-order valence-electron chi connectivity index (χ3n) is 3.58. The van der Waals surface area contributed by atoms with Crippen molar-refractivity contribution in [2.75, 3.05) is 13.7 Å². The molecule has 0 fully saturated rings. The molecule has 1 aromatic heterocycles. The summed E-state index contributed by atoms with van der Waals surface area (Å²) in [5.74, 6) is -0.391. The molecule has 0 aliphatic rings. The van der Waals surface area contributed by atoms with Gasteiger partial charge in [0.1, 0.15) is 17.0 Å². The Morgan fingerprint density at radius 3 is 2.63 bits per heavy atom.